The lowest BCUT2D eigenvalue weighted by molar-refractivity contribution is -0.928. The van der Waals surface area contributed by atoms with Crippen LogP contribution in [0.15, 0.2) is 72.3 Å². The van der Waals surface area contributed by atoms with Crippen LogP contribution in [0.5, 0.6) is 0 Å². The summed E-state index contributed by atoms with van der Waals surface area (Å²) in [5.74, 6) is -0.0202. The van der Waals surface area contributed by atoms with E-state index in [0.29, 0.717) is 0 Å². The van der Waals surface area contributed by atoms with E-state index in [1.54, 1.807) is 0 Å². The van der Waals surface area contributed by atoms with E-state index in [1.165, 1.54) is 27.8 Å². The molecule has 0 saturated carbocycles. The van der Waals surface area contributed by atoms with E-state index in [2.05, 4.69) is 80.0 Å². The van der Waals surface area contributed by atoms with Crippen molar-refractivity contribution in [2.24, 2.45) is 0 Å². The Bertz CT molecular complexity index is 1240. The Labute approximate surface area is 231 Å². The molecule has 3 aromatic carbocycles. The standard InChI is InChI=1S/C31H34N2O2.HI/c1-22-3-7-24(8-4-22)26-11-9-25-10-12-27(20-28(25)19-26)31(35)32-29-13-5-23(6-14-29)21-33(2)17-15-30(34)16-18-33;/h3-9,11,13-14,19-20,30,34H,10,12,15-18,21H2,1-2H3;1H. The second-order valence-electron chi connectivity index (χ2n) is 10.6. The Balaban J connectivity index is 0.00000304. The number of hydrogen-bond donors (Lipinski definition) is 2. The highest BCUT2D eigenvalue weighted by molar-refractivity contribution is 6.07. The number of rotatable bonds is 5. The van der Waals surface area contributed by atoms with E-state index in [1.807, 2.05) is 12.1 Å². The third kappa shape index (κ3) is 6.25. The SMILES string of the molecule is Cc1ccc(-c2ccc3c(c2)C=C(C(=O)Nc2ccc(C[N+]4(C)CCC(O)CC4)cc2)CC3)cc1.[I-]. The van der Waals surface area contributed by atoms with Crippen molar-refractivity contribution in [3.8, 4) is 11.1 Å². The molecule has 5 rings (SSSR count). The summed E-state index contributed by atoms with van der Waals surface area (Å²) >= 11 is 0. The molecule has 0 atom stereocenters. The summed E-state index contributed by atoms with van der Waals surface area (Å²) < 4.78 is 0.958. The highest BCUT2D eigenvalue weighted by Gasteiger charge is 2.29. The van der Waals surface area contributed by atoms with Crippen LogP contribution in [-0.2, 0) is 17.8 Å². The van der Waals surface area contributed by atoms with Crippen molar-refractivity contribution in [2.75, 3.05) is 25.5 Å². The first-order valence-corrected chi connectivity index (χ1v) is 12.7. The van der Waals surface area contributed by atoms with Gasteiger partial charge in [0.05, 0.1) is 26.2 Å². The van der Waals surface area contributed by atoms with Crippen LogP contribution in [0.1, 0.15) is 41.5 Å². The molecule has 2 N–H and O–H groups in total. The number of aryl methyl sites for hydroxylation is 2. The number of amides is 1. The van der Waals surface area contributed by atoms with Gasteiger partial charge >= 0.3 is 0 Å². The predicted octanol–water partition coefficient (Wildman–Crippen LogP) is 2.74. The van der Waals surface area contributed by atoms with Gasteiger partial charge in [-0.05, 0) is 66.3 Å². The molecular weight excluding hydrogens is 559 g/mol. The Morgan fingerprint density at radius 1 is 0.944 bits per heavy atom. The third-order valence-electron chi connectivity index (χ3n) is 7.60. The van der Waals surface area contributed by atoms with Gasteiger partial charge in [0.15, 0.2) is 0 Å². The Hall–Kier alpha value is -2.48. The highest BCUT2D eigenvalue weighted by atomic mass is 127. The van der Waals surface area contributed by atoms with Gasteiger partial charge in [0, 0.05) is 29.7 Å². The second kappa shape index (κ2) is 11.3. The van der Waals surface area contributed by atoms with Gasteiger partial charge in [0.2, 0.25) is 0 Å². The zero-order valence-corrected chi connectivity index (χ0v) is 23.3. The van der Waals surface area contributed by atoms with Crippen molar-refractivity contribution in [2.45, 2.75) is 45.3 Å². The van der Waals surface area contributed by atoms with E-state index < -0.39 is 0 Å². The summed E-state index contributed by atoms with van der Waals surface area (Å²) in [5, 5.41) is 12.9. The van der Waals surface area contributed by atoms with E-state index in [4.69, 9.17) is 0 Å². The smallest absolute Gasteiger partial charge is 0.251 e. The number of carbonyl (C=O) groups is 1. The molecule has 2 aliphatic rings. The number of nitrogens with zero attached hydrogens (tertiary/aromatic N) is 1. The van der Waals surface area contributed by atoms with Crippen LogP contribution in [0.3, 0.4) is 0 Å². The molecule has 0 aromatic heterocycles. The first-order chi connectivity index (χ1) is 16.9. The fraction of sp³-hybridized carbons (Fsp3) is 0.323. The first-order valence-electron chi connectivity index (χ1n) is 12.7. The summed E-state index contributed by atoms with van der Waals surface area (Å²) in [7, 11) is 2.26. The van der Waals surface area contributed by atoms with Crippen molar-refractivity contribution < 1.29 is 38.4 Å². The predicted molar refractivity (Wildman–Crippen MR) is 143 cm³/mol. The number of nitrogens with one attached hydrogen (secondary N) is 1. The number of anilines is 1. The molecule has 1 fully saturated rings. The molecule has 0 radical (unpaired) electrons. The van der Waals surface area contributed by atoms with Crippen LogP contribution in [0.2, 0.25) is 0 Å². The van der Waals surface area contributed by atoms with Gasteiger partial charge in [-0.25, -0.2) is 0 Å². The van der Waals surface area contributed by atoms with Crippen LogP contribution in [-0.4, -0.2) is 41.7 Å². The minimum absolute atomic E-state index is 0. The molecule has 0 spiro atoms. The van der Waals surface area contributed by atoms with Gasteiger partial charge in [-0.15, -0.1) is 0 Å². The number of fused-ring (bicyclic) bond motifs is 1. The number of likely N-dealkylation sites (tertiary alicyclic amines) is 1. The molecule has 1 aliphatic carbocycles. The molecule has 1 aliphatic heterocycles. The average Bonchev–Trinajstić information content (AvgIpc) is 2.87. The van der Waals surface area contributed by atoms with E-state index in [0.717, 1.165) is 66.6 Å². The van der Waals surface area contributed by atoms with Crippen LogP contribution in [0, 0.1) is 6.92 Å². The molecule has 36 heavy (non-hydrogen) atoms. The van der Waals surface area contributed by atoms with Crippen LogP contribution >= 0.6 is 0 Å². The maximum Gasteiger partial charge on any atom is 0.251 e. The Morgan fingerprint density at radius 3 is 2.31 bits per heavy atom. The van der Waals surface area contributed by atoms with Gasteiger partial charge in [-0.3, -0.25) is 4.79 Å². The van der Waals surface area contributed by atoms with Gasteiger partial charge in [0.1, 0.15) is 6.54 Å². The lowest BCUT2D eigenvalue weighted by Gasteiger charge is -2.39. The zero-order chi connectivity index (χ0) is 24.4. The molecule has 188 valence electrons. The second-order valence-corrected chi connectivity index (χ2v) is 10.6. The van der Waals surface area contributed by atoms with E-state index in [-0.39, 0.29) is 36.0 Å². The third-order valence-corrected chi connectivity index (χ3v) is 7.60. The van der Waals surface area contributed by atoms with Crippen molar-refractivity contribution in [3.05, 3.63) is 94.6 Å². The molecule has 1 heterocycles. The van der Waals surface area contributed by atoms with Crippen molar-refractivity contribution in [1.82, 2.24) is 0 Å². The number of quaternary nitrogens is 1. The van der Waals surface area contributed by atoms with E-state index >= 15 is 0 Å². The molecule has 5 heteroatoms. The van der Waals surface area contributed by atoms with Crippen molar-refractivity contribution in [3.63, 3.8) is 0 Å². The van der Waals surface area contributed by atoms with Crippen molar-refractivity contribution in [1.29, 1.82) is 0 Å². The fourth-order valence-corrected chi connectivity index (χ4v) is 5.27. The highest BCUT2D eigenvalue weighted by Crippen LogP contribution is 2.30. The van der Waals surface area contributed by atoms with Gasteiger partial charge in [-0.1, -0.05) is 54.1 Å². The topological polar surface area (TPSA) is 49.3 Å². The van der Waals surface area contributed by atoms with Crippen LogP contribution < -0.4 is 29.3 Å². The monoisotopic (exact) mass is 594 g/mol. The van der Waals surface area contributed by atoms with E-state index in [9.17, 15) is 9.90 Å². The lowest BCUT2D eigenvalue weighted by atomic mass is 9.89. The van der Waals surface area contributed by atoms with Crippen LogP contribution in [0.25, 0.3) is 17.2 Å². The molecule has 4 nitrogen and oxygen atoms in total. The maximum absolute atomic E-state index is 13.0. The summed E-state index contributed by atoms with van der Waals surface area (Å²) in [5.41, 5.74) is 8.97. The lowest BCUT2D eigenvalue weighted by Crippen LogP contribution is -3.00. The van der Waals surface area contributed by atoms with Gasteiger partial charge < -0.3 is 38.9 Å². The number of piperidine rings is 1. The first kappa shape index (κ1) is 26.6. The fourth-order valence-electron chi connectivity index (χ4n) is 5.27. The number of carbonyl (C=O) groups excluding carboxylic acids is 1. The number of halogens is 1. The normalized spacial score (nSPS) is 21.1. The van der Waals surface area contributed by atoms with Crippen molar-refractivity contribution >= 4 is 17.7 Å². The molecule has 3 aromatic rings. The molecule has 0 bridgehead atoms. The molecular formula is C31H35IN2O2. The summed E-state index contributed by atoms with van der Waals surface area (Å²) in [6.07, 6.45) is 5.28. The molecule has 1 saturated heterocycles. The summed E-state index contributed by atoms with van der Waals surface area (Å²) in [6.45, 7) is 5.05. The van der Waals surface area contributed by atoms with Gasteiger partial charge in [0.25, 0.3) is 5.91 Å². The Kier molecular flexibility index (Phi) is 8.33. The maximum atomic E-state index is 13.0. The average molecular weight is 595 g/mol. The minimum atomic E-state index is -0.144. The number of aliphatic hydroxyl groups is 1. The van der Waals surface area contributed by atoms with Crippen LogP contribution in [0.4, 0.5) is 5.69 Å². The van der Waals surface area contributed by atoms with Gasteiger partial charge in [-0.2, -0.15) is 0 Å². The largest absolute Gasteiger partial charge is 1.00 e. The zero-order valence-electron chi connectivity index (χ0n) is 21.1. The number of aliphatic hydroxyl groups excluding tert-OH is 1. The molecule has 1 amide bonds. The molecule has 0 unspecified atom stereocenters. The quantitative estimate of drug-likeness (QED) is 0.353. The number of benzene rings is 3. The minimum Gasteiger partial charge on any atom is -1.00 e. The number of hydrogen-bond acceptors (Lipinski definition) is 2. The summed E-state index contributed by atoms with van der Waals surface area (Å²) in [6, 6.07) is 23.4. The summed E-state index contributed by atoms with van der Waals surface area (Å²) in [4.78, 5) is 13.0. The Morgan fingerprint density at radius 2 is 1.61 bits per heavy atom.